The summed E-state index contributed by atoms with van der Waals surface area (Å²) in [7, 11) is 0. The van der Waals surface area contributed by atoms with Crippen molar-refractivity contribution in [1.82, 2.24) is 0 Å². The van der Waals surface area contributed by atoms with E-state index < -0.39 is 6.10 Å². The quantitative estimate of drug-likeness (QED) is 0.735. The molecule has 2 heteroatoms. The highest BCUT2D eigenvalue weighted by atomic mass is 16.3. The molecular formula is C11H14O2. The van der Waals surface area contributed by atoms with E-state index >= 15 is 0 Å². The Morgan fingerprint density at radius 1 is 1.38 bits per heavy atom. The lowest BCUT2D eigenvalue weighted by atomic mass is 10.1. The molecule has 0 spiro atoms. The molecule has 0 heterocycles. The van der Waals surface area contributed by atoms with E-state index in [1.165, 1.54) is 0 Å². The summed E-state index contributed by atoms with van der Waals surface area (Å²) in [5.41, 5.74) is 1.62. The first-order chi connectivity index (χ1) is 6.24. The molecule has 1 unspecified atom stereocenters. The van der Waals surface area contributed by atoms with Crippen LogP contribution in [0.3, 0.4) is 0 Å². The number of hydrogen-bond acceptors (Lipinski definition) is 2. The summed E-state index contributed by atoms with van der Waals surface area (Å²) >= 11 is 0. The fraction of sp³-hybridized carbons (Fsp3) is 0.273. The van der Waals surface area contributed by atoms with E-state index in [0.717, 1.165) is 5.56 Å². The van der Waals surface area contributed by atoms with Crippen LogP contribution in [0, 0.1) is 0 Å². The second-order valence-electron chi connectivity index (χ2n) is 2.96. The van der Waals surface area contributed by atoms with Gasteiger partial charge in [0.1, 0.15) is 0 Å². The highest BCUT2D eigenvalue weighted by Gasteiger charge is 2.02. The van der Waals surface area contributed by atoms with Crippen LogP contribution in [0.4, 0.5) is 0 Å². The molecule has 2 nitrogen and oxygen atoms in total. The highest BCUT2D eigenvalue weighted by molar-refractivity contribution is 5.53. The van der Waals surface area contributed by atoms with Crippen LogP contribution in [0.15, 0.2) is 35.9 Å². The molecule has 1 aromatic carbocycles. The van der Waals surface area contributed by atoms with E-state index in [-0.39, 0.29) is 6.61 Å². The van der Waals surface area contributed by atoms with Gasteiger partial charge >= 0.3 is 0 Å². The van der Waals surface area contributed by atoms with Gasteiger partial charge in [-0.2, -0.15) is 0 Å². The molecule has 1 atom stereocenters. The number of benzene rings is 1. The van der Waals surface area contributed by atoms with Crippen LogP contribution in [0.1, 0.15) is 12.5 Å². The summed E-state index contributed by atoms with van der Waals surface area (Å²) in [6, 6.07) is 9.63. The van der Waals surface area contributed by atoms with E-state index in [4.69, 9.17) is 5.11 Å². The average Bonchev–Trinajstić information content (AvgIpc) is 2.15. The van der Waals surface area contributed by atoms with Crippen molar-refractivity contribution in [1.29, 1.82) is 0 Å². The molecule has 2 N–H and O–H groups in total. The van der Waals surface area contributed by atoms with Crippen molar-refractivity contribution in [2.75, 3.05) is 6.61 Å². The lowest BCUT2D eigenvalue weighted by Crippen LogP contribution is -2.07. The van der Waals surface area contributed by atoms with Crippen molar-refractivity contribution in [3.8, 4) is 0 Å². The largest absolute Gasteiger partial charge is 0.392 e. The molecule has 0 bridgehead atoms. The second-order valence-corrected chi connectivity index (χ2v) is 2.96. The zero-order valence-electron chi connectivity index (χ0n) is 7.64. The molecule has 0 saturated heterocycles. The van der Waals surface area contributed by atoms with Gasteiger partial charge in [0.15, 0.2) is 0 Å². The van der Waals surface area contributed by atoms with Gasteiger partial charge in [-0.1, -0.05) is 36.4 Å². The summed E-state index contributed by atoms with van der Waals surface area (Å²) < 4.78 is 0. The molecule has 0 aliphatic heterocycles. The molecule has 1 aromatic rings. The van der Waals surface area contributed by atoms with Gasteiger partial charge in [-0.15, -0.1) is 0 Å². The maximum atomic E-state index is 9.25. The topological polar surface area (TPSA) is 40.5 Å². The summed E-state index contributed by atoms with van der Waals surface area (Å²) in [6.07, 6.45) is 1.20. The third kappa shape index (κ3) is 3.01. The van der Waals surface area contributed by atoms with E-state index in [0.29, 0.717) is 5.57 Å². The Kier molecular flexibility index (Phi) is 3.68. The van der Waals surface area contributed by atoms with Gasteiger partial charge in [-0.25, -0.2) is 0 Å². The normalized spacial score (nSPS) is 14.2. The van der Waals surface area contributed by atoms with Crippen molar-refractivity contribution >= 4 is 6.08 Å². The van der Waals surface area contributed by atoms with Crippen LogP contribution in [0.25, 0.3) is 6.08 Å². The minimum Gasteiger partial charge on any atom is -0.392 e. The third-order valence-electron chi connectivity index (χ3n) is 1.87. The Bertz CT molecular complexity index is 275. The zero-order valence-corrected chi connectivity index (χ0v) is 7.64. The number of aliphatic hydroxyl groups excluding tert-OH is 2. The number of aliphatic hydroxyl groups is 2. The third-order valence-corrected chi connectivity index (χ3v) is 1.87. The maximum absolute atomic E-state index is 9.25. The monoisotopic (exact) mass is 178 g/mol. The Hall–Kier alpha value is -1.12. The first kappa shape index (κ1) is 9.96. The lowest BCUT2D eigenvalue weighted by molar-refractivity contribution is 0.206. The molecule has 0 aliphatic rings. The van der Waals surface area contributed by atoms with Gasteiger partial charge in [-0.05, 0) is 18.1 Å². The molecule has 0 saturated carbocycles. The first-order valence-electron chi connectivity index (χ1n) is 4.28. The molecule has 0 fully saturated rings. The van der Waals surface area contributed by atoms with Crippen LogP contribution >= 0.6 is 0 Å². The van der Waals surface area contributed by atoms with Crippen LogP contribution in [-0.4, -0.2) is 22.9 Å². The summed E-state index contributed by atoms with van der Waals surface area (Å²) in [4.78, 5) is 0. The molecule has 13 heavy (non-hydrogen) atoms. The van der Waals surface area contributed by atoms with Gasteiger partial charge in [0.25, 0.3) is 0 Å². The SMILES string of the molecule is CC(O)/C(=C/c1ccccc1)CO. The summed E-state index contributed by atoms with van der Waals surface area (Å²) in [5.74, 6) is 0. The standard InChI is InChI=1S/C11H14O2/c1-9(13)11(8-12)7-10-5-3-2-4-6-10/h2-7,9,12-13H,8H2,1H3/b11-7+. The second kappa shape index (κ2) is 4.80. The fourth-order valence-electron chi connectivity index (χ4n) is 1.06. The minimum absolute atomic E-state index is 0.105. The zero-order chi connectivity index (χ0) is 9.68. The Morgan fingerprint density at radius 3 is 2.46 bits per heavy atom. The van der Waals surface area contributed by atoms with Gasteiger partial charge in [-0.3, -0.25) is 0 Å². The van der Waals surface area contributed by atoms with Gasteiger partial charge in [0, 0.05) is 0 Å². The van der Waals surface area contributed by atoms with Crippen molar-refractivity contribution in [3.63, 3.8) is 0 Å². The predicted molar refractivity (Wildman–Crippen MR) is 53.2 cm³/mol. The van der Waals surface area contributed by atoms with Crippen LogP contribution in [0.2, 0.25) is 0 Å². The van der Waals surface area contributed by atoms with Crippen LogP contribution < -0.4 is 0 Å². The van der Waals surface area contributed by atoms with Crippen molar-refractivity contribution < 1.29 is 10.2 Å². The fourth-order valence-corrected chi connectivity index (χ4v) is 1.06. The van der Waals surface area contributed by atoms with Gasteiger partial charge in [0.2, 0.25) is 0 Å². The average molecular weight is 178 g/mol. The van der Waals surface area contributed by atoms with E-state index in [9.17, 15) is 5.11 Å². The molecule has 70 valence electrons. The maximum Gasteiger partial charge on any atom is 0.0747 e. The minimum atomic E-state index is -0.592. The molecule has 0 amide bonds. The van der Waals surface area contributed by atoms with Crippen molar-refractivity contribution in [2.45, 2.75) is 13.0 Å². The Morgan fingerprint density at radius 2 is 2.00 bits per heavy atom. The highest BCUT2D eigenvalue weighted by Crippen LogP contribution is 2.08. The van der Waals surface area contributed by atoms with Crippen molar-refractivity contribution in [3.05, 3.63) is 41.5 Å². The van der Waals surface area contributed by atoms with Crippen LogP contribution in [0.5, 0.6) is 0 Å². The summed E-state index contributed by atoms with van der Waals surface area (Å²) in [5, 5.41) is 18.2. The lowest BCUT2D eigenvalue weighted by Gasteiger charge is -2.06. The molecule has 0 aliphatic carbocycles. The first-order valence-corrected chi connectivity index (χ1v) is 4.28. The molecular weight excluding hydrogens is 164 g/mol. The molecule has 0 aromatic heterocycles. The van der Waals surface area contributed by atoms with Gasteiger partial charge in [0.05, 0.1) is 12.7 Å². The van der Waals surface area contributed by atoms with E-state index in [1.807, 2.05) is 30.3 Å². The van der Waals surface area contributed by atoms with E-state index in [2.05, 4.69) is 0 Å². The van der Waals surface area contributed by atoms with E-state index in [1.54, 1.807) is 13.0 Å². The molecule has 1 rings (SSSR count). The van der Waals surface area contributed by atoms with Gasteiger partial charge < -0.3 is 10.2 Å². The molecule has 0 radical (unpaired) electrons. The van der Waals surface area contributed by atoms with Crippen LogP contribution in [-0.2, 0) is 0 Å². The Balaban J connectivity index is 2.85. The predicted octanol–water partition coefficient (Wildman–Crippen LogP) is 1.44. The van der Waals surface area contributed by atoms with Crippen molar-refractivity contribution in [2.24, 2.45) is 0 Å². The number of rotatable bonds is 3. The number of hydrogen-bond donors (Lipinski definition) is 2. The Labute approximate surface area is 78.2 Å². The smallest absolute Gasteiger partial charge is 0.0747 e. The summed E-state index contributed by atoms with van der Waals surface area (Å²) in [6.45, 7) is 1.54.